The molecule has 0 heterocycles. The Morgan fingerprint density at radius 2 is 2.25 bits per heavy atom. The molecule has 1 N–H and O–H groups in total. The first-order valence-electron chi connectivity index (χ1n) is 4.70. The van der Waals surface area contributed by atoms with Gasteiger partial charge >= 0.3 is 5.97 Å². The Bertz CT molecular complexity index is 406. The van der Waals surface area contributed by atoms with Gasteiger partial charge in [0.05, 0.1) is 13.0 Å². The normalized spacial score (nSPS) is 12.2. The molecule has 0 saturated heterocycles. The zero-order valence-corrected chi connectivity index (χ0v) is 10.5. The summed E-state index contributed by atoms with van der Waals surface area (Å²) in [6, 6.07) is 3.07. The molecule has 1 aromatic carbocycles. The summed E-state index contributed by atoms with van der Waals surface area (Å²) in [5.41, 5.74) is 0.334. The second-order valence-electron chi connectivity index (χ2n) is 3.52. The van der Waals surface area contributed by atoms with Crippen molar-refractivity contribution in [2.45, 2.75) is 13.3 Å². The molecule has 1 unspecified atom stereocenters. The Morgan fingerprint density at radius 3 is 2.75 bits per heavy atom. The number of hydrogen-bond acceptors (Lipinski definition) is 2. The monoisotopic (exact) mass is 290 g/mol. The molecule has 16 heavy (non-hydrogen) atoms. The van der Waals surface area contributed by atoms with E-state index in [1.165, 1.54) is 20.1 Å². The highest BCUT2D eigenvalue weighted by atomic mass is 79.9. The highest BCUT2D eigenvalue weighted by molar-refractivity contribution is 9.10. The van der Waals surface area contributed by atoms with Gasteiger partial charge in [0.15, 0.2) is 11.6 Å². The van der Waals surface area contributed by atoms with Crippen molar-refractivity contribution in [2.24, 2.45) is 5.92 Å². The van der Waals surface area contributed by atoms with Gasteiger partial charge in [-0.15, -0.1) is 0 Å². The molecule has 0 amide bonds. The van der Waals surface area contributed by atoms with Gasteiger partial charge in [0.1, 0.15) is 0 Å². The number of carboxylic acids is 1. The van der Waals surface area contributed by atoms with E-state index in [9.17, 15) is 9.18 Å². The lowest BCUT2D eigenvalue weighted by Crippen LogP contribution is -2.13. The third kappa shape index (κ3) is 2.95. The quantitative estimate of drug-likeness (QED) is 0.927. The van der Waals surface area contributed by atoms with Crippen molar-refractivity contribution in [1.29, 1.82) is 0 Å². The van der Waals surface area contributed by atoms with Crippen LogP contribution < -0.4 is 4.74 Å². The Balaban J connectivity index is 3.04. The van der Waals surface area contributed by atoms with Crippen molar-refractivity contribution >= 4 is 21.9 Å². The van der Waals surface area contributed by atoms with Gasteiger partial charge in [0.2, 0.25) is 0 Å². The molecule has 0 aliphatic rings. The summed E-state index contributed by atoms with van der Waals surface area (Å²) < 4.78 is 19.3. The van der Waals surface area contributed by atoms with E-state index in [-0.39, 0.29) is 12.2 Å². The highest BCUT2D eigenvalue weighted by Crippen LogP contribution is 2.27. The summed E-state index contributed by atoms with van der Waals surface area (Å²) in [4.78, 5) is 10.7. The van der Waals surface area contributed by atoms with Crippen LogP contribution in [0.15, 0.2) is 16.6 Å². The fourth-order valence-electron chi connectivity index (χ4n) is 1.33. The van der Waals surface area contributed by atoms with Crippen LogP contribution in [0.1, 0.15) is 12.5 Å². The molecule has 1 aromatic rings. The molecule has 0 aromatic heterocycles. The fourth-order valence-corrected chi connectivity index (χ4v) is 1.82. The molecule has 0 radical (unpaired) electrons. The second-order valence-corrected chi connectivity index (χ2v) is 4.44. The minimum Gasteiger partial charge on any atom is -0.494 e. The van der Waals surface area contributed by atoms with Gasteiger partial charge in [-0.25, -0.2) is 4.39 Å². The average molecular weight is 291 g/mol. The predicted molar refractivity (Wildman–Crippen MR) is 61.2 cm³/mol. The highest BCUT2D eigenvalue weighted by Gasteiger charge is 2.17. The third-order valence-corrected chi connectivity index (χ3v) is 2.70. The molecule has 0 saturated carbocycles. The lowest BCUT2D eigenvalue weighted by molar-refractivity contribution is -0.141. The summed E-state index contributed by atoms with van der Waals surface area (Å²) >= 11 is 3.22. The van der Waals surface area contributed by atoms with Gasteiger partial charge < -0.3 is 9.84 Å². The van der Waals surface area contributed by atoms with Crippen molar-refractivity contribution in [3.8, 4) is 5.75 Å². The standard InChI is InChI=1S/C11H12BrFO3/c1-6(11(14)15)3-7-4-8(12)5-9(16-2)10(7)13/h4-6H,3H2,1-2H3,(H,14,15). The van der Waals surface area contributed by atoms with Crippen LogP contribution in [-0.2, 0) is 11.2 Å². The van der Waals surface area contributed by atoms with Crippen LogP contribution in [0.3, 0.4) is 0 Å². The topological polar surface area (TPSA) is 46.5 Å². The first-order chi connectivity index (χ1) is 7.45. The van der Waals surface area contributed by atoms with E-state index in [2.05, 4.69) is 15.9 Å². The average Bonchev–Trinajstić information content (AvgIpc) is 2.22. The second kappa shape index (κ2) is 5.30. The molecule has 1 atom stereocenters. The first kappa shape index (κ1) is 13.0. The molecule has 1 rings (SSSR count). The van der Waals surface area contributed by atoms with Crippen molar-refractivity contribution in [1.82, 2.24) is 0 Å². The molecule has 0 spiro atoms. The largest absolute Gasteiger partial charge is 0.494 e. The van der Waals surface area contributed by atoms with Gasteiger partial charge in [0, 0.05) is 4.47 Å². The van der Waals surface area contributed by atoms with Gasteiger partial charge in [-0.1, -0.05) is 22.9 Å². The van der Waals surface area contributed by atoms with Crippen LogP contribution in [0.2, 0.25) is 0 Å². The Hall–Kier alpha value is -1.10. The van der Waals surface area contributed by atoms with Crippen LogP contribution in [0, 0.1) is 11.7 Å². The minimum atomic E-state index is -0.946. The molecule has 88 valence electrons. The van der Waals surface area contributed by atoms with E-state index in [4.69, 9.17) is 9.84 Å². The maximum absolute atomic E-state index is 13.7. The lowest BCUT2D eigenvalue weighted by atomic mass is 10.0. The summed E-state index contributed by atoms with van der Waals surface area (Å²) in [5.74, 6) is -1.97. The molecule has 3 nitrogen and oxygen atoms in total. The van der Waals surface area contributed by atoms with Gasteiger partial charge in [-0.05, 0) is 24.1 Å². The number of halogens is 2. The number of rotatable bonds is 4. The van der Waals surface area contributed by atoms with Crippen molar-refractivity contribution < 1.29 is 19.0 Å². The molecule has 0 aliphatic heterocycles. The van der Waals surface area contributed by atoms with Crippen molar-refractivity contribution in [3.05, 3.63) is 28.0 Å². The number of ether oxygens (including phenoxy) is 1. The predicted octanol–water partition coefficient (Wildman–Crippen LogP) is 2.86. The number of carbonyl (C=O) groups is 1. The molecule has 0 fully saturated rings. The number of carboxylic acid groups (broad SMARTS) is 1. The fraction of sp³-hybridized carbons (Fsp3) is 0.364. The molecule has 5 heteroatoms. The summed E-state index contributed by atoms with van der Waals surface area (Å²) in [7, 11) is 1.37. The van der Waals surface area contributed by atoms with Crippen LogP contribution in [0.25, 0.3) is 0 Å². The van der Waals surface area contributed by atoms with Crippen LogP contribution in [0.4, 0.5) is 4.39 Å². The number of hydrogen-bond donors (Lipinski definition) is 1. The van der Waals surface area contributed by atoms with Gasteiger partial charge in [0.25, 0.3) is 0 Å². The number of methoxy groups -OCH3 is 1. The molecular formula is C11H12BrFO3. The molecule has 0 aliphatic carbocycles. The van der Waals surface area contributed by atoms with Gasteiger partial charge in [-0.3, -0.25) is 4.79 Å². The van der Waals surface area contributed by atoms with E-state index in [0.717, 1.165) is 0 Å². The van der Waals surface area contributed by atoms with E-state index >= 15 is 0 Å². The zero-order valence-electron chi connectivity index (χ0n) is 8.96. The number of aliphatic carboxylic acids is 1. The van der Waals surface area contributed by atoms with Crippen molar-refractivity contribution in [3.63, 3.8) is 0 Å². The molecular weight excluding hydrogens is 279 g/mol. The van der Waals surface area contributed by atoms with Crippen molar-refractivity contribution in [2.75, 3.05) is 7.11 Å². The first-order valence-corrected chi connectivity index (χ1v) is 5.49. The Labute approximate surface area is 101 Å². The zero-order chi connectivity index (χ0) is 12.3. The van der Waals surface area contributed by atoms with Crippen LogP contribution in [-0.4, -0.2) is 18.2 Å². The van der Waals surface area contributed by atoms with Gasteiger partial charge in [-0.2, -0.15) is 0 Å². The molecule has 0 bridgehead atoms. The van der Waals surface area contributed by atoms with E-state index in [0.29, 0.717) is 10.0 Å². The lowest BCUT2D eigenvalue weighted by Gasteiger charge is -2.10. The SMILES string of the molecule is COc1cc(Br)cc(CC(C)C(=O)O)c1F. The summed E-state index contributed by atoms with van der Waals surface area (Å²) in [6.45, 7) is 1.54. The van der Waals surface area contributed by atoms with E-state index in [1.807, 2.05) is 0 Å². The Kier molecular flexibility index (Phi) is 4.29. The smallest absolute Gasteiger partial charge is 0.306 e. The summed E-state index contributed by atoms with van der Waals surface area (Å²) in [5, 5.41) is 8.76. The van der Waals surface area contributed by atoms with Crippen LogP contribution in [0.5, 0.6) is 5.75 Å². The Morgan fingerprint density at radius 1 is 1.62 bits per heavy atom. The third-order valence-electron chi connectivity index (χ3n) is 2.25. The van der Waals surface area contributed by atoms with Crippen LogP contribution >= 0.6 is 15.9 Å². The number of benzene rings is 1. The summed E-state index contributed by atoms with van der Waals surface area (Å²) in [6.07, 6.45) is 0.136. The van der Waals surface area contributed by atoms with E-state index < -0.39 is 17.7 Å². The van der Waals surface area contributed by atoms with E-state index in [1.54, 1.807) is 6.07 Å². The maximum Gasteiger partial charge on any atom is 0.306 e. The maximum atomic E-state index is 13.7. The minimum absolute atomic E-state index is 0.113.